The summed E-state index contributed by atoms with van der Waals surface area (Å²) < 4.78 is 11.1. The van der Waals surface area contributed by atoms with Gasteiger partial charge in [0.15, 0.2) is 11.4 Å². The second kappa shape index (κ2) is 6.76. The van der Waals surface area contributed by atoms with Gasteiger partial charge in [-0.2, -0.15) is 9.97 Å². The highest BCUT2D eigenvalue weighted by Crippen LogP contribution is 2.27. The molecule has 126 valence electrons. The van der Waals surface area contributed by atoms with Crippen molar-refractivity contribution >= 4 is 17.1 Å². The second-order valence-corrected chi connectivity index (χ2v) is 5.77. The lowest BCUT2D eigenvalue weighted by Crippen LogP contribution is -2.14. The maximum Gasteiger partial charge on any atom is 0.296 e. The van der Waals surface area contributed by atoms with Gasteiger partial charge in [0, 0.05) is 6.42 Å². The molecule has 25 heavy (non-hydrogen) atoms. The molecule has 0 spiro atoms. The average molecular weight is 334 g/mol. The highest BCUT2D eigenvalue weighted by atomic mass is 16.5. The summed E-state index contributed by atoms with van der Waals surface area (Å²) in [5, 5.41) is 7.44. The van der Waals surface area contributed by atoms with E-state index in [4.69, 9.17) is 8.94 Å². The first-order valence-corrected chi connectivity index (χ1v) is 8.33. The first kappa shape index (κ1) is 15.4. The van der Waals surface area contributed by atoms with Gasteiger partial charge in [-0.1, -0.05) is 54.5 Å². The number of rotatable bonds is 6. The predicted molar refractivity (Wildman–Crippen MR) is 94.2 cm³/mol. The van der Waals surface area contributed by atoms with Crippen LogP contribution in [0.15, 0.2) is 63.5 Å². The van der Waals surface area contributed by atoms with Crippen LogP contribution in [0.25, 0.3) is 11.1 Å². The third kappa shape index (κ3) is 3.24. The van der Waals surface area contributed by atoms with Crippen LogP contribution in [0.2, 0.25) is 0 Å². The van der Waals surface area contributed by atoms with Crippen LogP contribution in [0.3, 0.4) is 0 Å². The number of anilines is 1. The van der Waals surface area contributed by atoms with E-state index in [9.17, 15) is 0 Å². The fourth-order valence-electron chi connectivity index (χ4n) is 2.70. The van der Waals surface area contributed by atoms with Crippen LogP contribution in [-0.2, 0) is 6.42 Å². The average Bonchev–Trinajstić information content (AvgIpc) is 3.27. The summed E-state index contributed by atoms with van der Waals surface area (Å²) in [5.41, 5.74) is 2.54. The summed E-state index contributed by atoms with van der Waals surface area (Å²) in [6.45, 7) is 2.08. The molecule has 0 radical (unpaired) electrons. The lowest BCUT2D eigenvalue weighted by Gasteiger charge is -2.14. The maximum atomic E-state index is 5.79. The van der Waals surface area contributed by atoms with Crippen molar-refractivity contribution in [1.29, 1.82) is 0 Å². The molecule has 6 nitrogen and oxygen atoms in total. The minimum absolute atomic E-state index is 0.302. The third-order valence-corrected chi connectivity index (χ3v) is 3.90. The number of para-hydroxylation sites is 2. The van der Waals surface area contributed by atoms with Crippen LogP contribution < -0.4 is 5.32 Å². The minimum Gasteiger partial charge on any atom is -0.424 e. The number of benzene rings is 2. The zero-order valence-corrected chi connectivity index (χ0v) is 13.8. The highest BCUT2D eigenvalue weighted by molar-refractivity contribution is 5.74. The Morgan fingerprint density at radius 1 is 1.00 bits per heavy atom. The number of fused-ring (bicyclic) bond motifs is 1. The highest BCUT2D eigenvalue weighted by Gasteiger charge is 2.22. The monoisotopic (exact) mass is 334 g/mol. The second-order valence-electron chi connectivity index (χ2n) is 5.77. The van der Waals surface area contributed by atoms with E-state index >= 15 is 0 Å². The lowest BCUT2D eigenvalue weighted by atomic mass is 10.1. The molecular weight excluding hydrogens is 316 g/mol. The Morgan fingerprint density at radius 3 is 2.60 bits per heavy atom. The van der Waals surface area contributed by atoms with Crippen LogP contribution in [-0.4, -0.2) is 15.1 Å². The van der Waals surface area contributed by atoms with E-state index in [1.807, 2.05) is 54.6 Å². The molecular formula is C19H18N4O2. The zero-order chi connectivity index (χ0) is 17.1. The topological polar surface area (TPSA) is 77.0 Å². The van der Waals surface area contributed by atoms with E-state index in [1.165, 1.54) is 0 Å². The first-order chi connectivity index (χ1) is 12.3. The number of nitrogens with one attached hydrogen (secondary N) is 1. The van der Waals surface area contributed by atoms with Crippen LogP contribution in [0, 0.1) is 0 Å². The Bertz CT molecular complexity index is 929. The van der Waals surface area contributed by atoms with Gasteiger partial charge in [-0.25, -0.2) is 0 Å². The van der Waals surface area contributed by atoms with Crippen molar-refractivity contribution in [3.8, 4) is 0 Å². The Morgan fingerprint density at radius 2 is 1.80 bits per heavy atom. The van der Waals surface area contributed by atoms with E-state index in [0.717, 1.165) is 29.5 Å². The van der Waals surface area contributed by atoms with Gasteiger partial charge in [0.25, 0.3) is 6.01 Å². The van der Waals surface area contributed by atoms with Crippen LogP contribution >= 0.6 is 0 Å². The van der Waals surface area contributed by atoms with E-state index in [1.54, 1.807) is 0 Å². The number of aromatic nitrogens is 3. The molecule has 4 aromatic rings. The van der Waals surface area contributed by atoms with Gasteiger partial charge < -0.3 is 14.3 Å². The van der Waals surface area contributed by atoms with Crippen LogP contribution in [0.5, 0.6) is 0 Å². The predicted octanol–water partition coefficient (Wildman–Crippen LogP) is 4.36. The smallest absolute Gasteiger partial charge is 0.296 e. The largest absolute Gasteiger partial charge is 0.424 e. The fourth-order valence-corrected chi connectivity index (χ4v) is 2.70. The summed E-state index contributed by atoms with van der Waals surface area (Å²) in [7, 11) is 0. The van der Waals surface area contributed by atoms with E-state index in [2.05, 4.69) is 27.4 Å². The quantitative estimate of drug-likeness (QED) is 0.564. The molecule has 2 aromatic carbocycles. The molecule has 0 unspecified atom stereocenters. The number of nitrogens with zero attached hydrogens (tertiary/aromatic N) is 3. The Labute approximate surface area is 144 Å². The number of hydrogen-bond acceptors (Lipinski definition) is 6. The van der Waals surface area contributed by atoms with Crippen molar-refractivity contribution in [2.75, 3.05) is 5.32 Å². The van der Waals surface area contributed by atoms with Crippen molar-refractivity contribution in [1.82, 2.24) is 15.1 Å². The Balaban J connectivity index is 1.69. The molecule has 0 aliphatic carbocycles. The molecule has 0 aliphatic heterocycles. The molecule has 0 saturated carbocycles. The molecule has 2 aromatic heterocycles. The van der Waals surface area contributed by atoms with Crippen LogP contribution in [0.1, 0.15) is 36.7 Å². The number of aryl methyl sites for hydroxylation is 1. The molecule has 0 saturated heterocycles. The third-order valence-electron chi connectivity index (χ3n) is 3.90. The molecule has 1 atom stereocenters. The zero-order valence-electron chi connectivity index (χ0n) is 13.8. The van der Waals surface area contributed by atoms with Crippen molar-refractivity contribution in [2.45, 2.75) is 25.8 Å². The molecule has 0 amide bonds. The Hall–Kier alpha value is -3.15. The van der Waals surface area contributed by atoms with E-state index < -0.39 is 0 Å². The molecule has 0 aliphatic rings. The summed E-state index contributed by atoms with van der Waals surface area (Å²) in [5.74, 6) is 1.20. The SMILES string of the molecule is CCCc1nc([C@H](Nc2nc3ccccc3o2)c2ccccc2)no1. The van der Waals surface area contributed by atoms with Gasteiger partial charge in [0.2, 0.25) is 5.89 Å². The molecule has 4 rings (SSSR count). The van der Waals surface area contributed by atoms with Crippen molar-refractivity contribution < 1.29 is 8.94 Å². The fraction of sp³-hybridized carbons (Fsp3) is 0.211. The summed E-state index contributed by atoms with van der Waals surface area (Å²) in [4.78, 5) is 9.00. The maximum absolute atomic E-state index is 5.79. The van der Waals surface area contributed by atoms with Gasteiger partial charge in [0.1, 0.15) is 11.6 Å². The molecule has 0 bridgehead atoms. The number of oxazole rings is 1. The van der Waals surface area contributed by atoms with Crippen molar-refractivity contribution in [3.63, 3.8) is 0 Å². The summed E-state index contributed by atoms with van der Waals surface area (Å²) >= 11 is 0. The molecule has 2 heterocycles. The summed E-state index contributed by atoms with van der Waals surface area (Å²) in [6, 6.07) is 17.7. The standard InChI is InChI=1S/C19H18N4O2/c1-2-8-16-21-18(23-25-16)17(13-9-4-3-5-10-13)22-19-20-14-11-6-7-12-15(14)24-19/h3-7,9-12,17H,2,8H2,1H3,(H,20,22)/t17-/m1/s1. The van der Waals surface area contributed by atoms with Gasteiger partial charge in [-0.15, -0.1) is 0 Å². The van der Waals surface area contributed by atoms with Gasteiger partial charge >= 0.3 is 0 Å². The Kier molecular flexibility index (Phi) is 4.16. The minimum atomic E-state index is -0.302. The van der Waals surface area contributed by atoms with Crippen LogP contribution in [0.4, 0.5) is 6.01 Å². The number of hydrogen-bond donors (Lipinski definition) is 1. The van der Waals surface area contributed by atoms with Gasteiger partial charge in [-0.05, 0) is 24.1 Å². The van der Waals surface area contributed by atoms with Crippen molar-refractivity contribution in [2.24, 2.45) is 0 Å². The van der Waals surface area contributed by atoms with Gasteiger partial charge in [-0.3, -0.25) is 0 Å². The molecule has 6 heteroatoms. The summed E-state index contributed by atoms with van der Waals surface area (Å²) in [6.07, 6.45) is 1.72. The lowest BCUT2D eigenvalue weighted by molar-refractivity contribution is 0.371. The molecule has 1 N–H and O–H groups in total. The first-order valence-electron chi connectivity index (χ1n) is 8.33. The normalized spacial score (nSPS) is 12.4. The van der Waals surface area contributed by atoms with Crippen molar-refractivity contribution in [3.05, 3.63) is 71.9 Å². The van der Waals surface area contributed by atoms with E-state index in [-0.39, 0.29) is 6.04 Å². The van der Waals surface area contributed by atoms with E-state index in [0.29, 0.717) is 17.7 Å². The van der Waals surface area contributed by atoms with Gasteiger partial charge in [0.05, 0.1) is 0 Å². The molecule has 0 fully saturated rings.